The molecule has 1 N–H and O–H groups in total. The van der Waals surface area contributed by atoms with Crippen LogP contribution in [0.1, 0.15) is 0 Å². The molecule has 0 aliphatic heterocycles. The van der Waals surface area contributed by atoms with Gasteiger partial charge in [0.15, 0.2) is 0 Å². The molecule has 23 heavy (non-hydrogen) atoms. The summed E-state index contributed by atoms with van der Waals surface area (Å²) in [6.07, 6.45) is 0. The van der Waals surface area contributed by atoms with E-state index in [2.05, 4.69) is 15.4 Å². The topological polar surface area (TPSA) is 59.3 Å². The van der Waals surface area contributed by atoms with Crippen molar-refractivity contribution in [2.75, 3.05) is 5.32 Å². The van der Waals surface area contributed by atoms with Gasteiger partial charge in [0.05, 0.1) is 10.9 Å². The zero-order valence-electron chi connectivity index (χ0n) is 11.5. The summed E-state index contributed by atoms with van der Waals surface area (Å²) in [5, 5.41) is 8.70. The number of nitrogens with zero attached hydrogens (tertiary/aromatic N) is 3. The molecule has 0 spiro atoms. The highest BCUT2D eigenvalue weighted by atomic mass is 35.5. The normalized spacial score (nSPS) is 11.2. The Hall–Kier alpha value is -2.51. The lowest BCUT2D eigenvalue weighted by Gasteiger charge is -2.01. The van der Waals surface area contributed by atoms with Crippen LogP contribution in [0.15, 0.2) is 47.3 Å². The lowest BCUT2D eigenvalue weighted by atomic mass is 10.2. The van der Waals surface area contributed by atoms with Crippen LogP contribution in [0.5, 0.6) is 0 Å². The molecule has 2 aromatic carbocycles. The lowest BCUT2D eigenvalue weighted by Crippen LogP contribution is -2.15. The van der Waals surface area contributed by atoms with E-state index in [1.807, 2.05) is 6.07 Å². The molecule has 0 aliphatic carbocycles. The first-order valence-electron chi connectivity index (χ1n) is 6.62. The quantitative estimate of drug-likeness (QED) is 0.599. The average Bonchev–Trinajstić information content (AvgIpc) is 2.90. The largest absolute Gasteiger partial charge is 0.330 e. The molecule has 0 fully saturated rings. The summed E-state index contributed by atoms with van der Waals surface area (Å²) in [5.74, 6) is -0.435. The molecule has 2 aromatic heterocycles. The fourth-order valence-corrected chi connectivity index (χ4v) is 3.23. The van der Waals surface area contributed by atoms with Gasteiger partial charge in [-0.25, -0.2) is 9.37 Å². The number of benzene rings is 2. The van der Waals surface area contributed by atoms with Crippen LogP contribution in [-0.4, -0.2) is 14.6 Å². The molecular formula is C15H8ClFN4OS. The van der Waals surface area contributed by atoms with Crippen molar-refractivity contribution in [2.24, 2.45) is 0 Å². The molecule has 0 radical (unpaired) electrons. The zero-order valence-corrected chi connectivity index (χ0v) is 13.0. The van der Waals surface area contributed by atoms with Crippen molar-refractivity contribution in [3.8, 4) is 0 Å². The maximum atomic E-state index is 13.3. The Morgan fingerprint density at radius 1 is 1.22 bits per heavy atom. The molecule has 2 heterocycles. The maximum absolute atomic E-state index is 13.3. The summed E-state index contributed by atoms with van der Waals surface area (Å²) >= 11 is 7.14. The van der Waals surface area contributed by atoms with Crippen molar-refractivity contribution in [1.29, 1.82) is 0 Å². The summed E-state index contributed by atoms with van der Waals surface area (Å²) in [6.45, 7) is 0. The van der Waals surface area contributed by atoms with Crippen molar-refractivity contribution in [1.82, 2.24) is 14.6 Å². The van der Waals surface area contributed by atoms with Crippen LogP contribution < -0.4 is 10.9 Å². The predicted octanol–water partition coefficient (Wildman–Crippen LogP) is 3.84. The fraction of sp³-hybridized carbons (Fsp3) is 0. The maximum Gasteiger partial charge on any atom is 0.283 e. The Bertz CT molecular complexity index is 1110. The highest BCUT2D eigenvalue weighted by Crippen LogP contribution is 2.24. The van der Waals surface area contributed by atoms with Crippen molar-refractivity contribution in [3.05, 3.63) is 63.7 Å². The number of aromatic nitrogens is 3. The summed E-state index contributed by atoms with van der Waals surface area (Å²) in [5.41, 5.74) is 0.730. The number of hydrogen-bond acceptors (Lipinski definition) is 5. The first kappa shape index (κ1) is 14.1. The predicted molar refractivity (Wildman–Crippen MR) is 89.3 cm³/mol. The van der Waals surface area contributed by atoms with E-state index < -0.39 is 5.82 Å². The molecule has 0 atom stereocenters. The van der Waals surface area contributed by atoms with Gasteiger partial charge >= 0.3 is 0 Å². The van der Waals surface area contributed by atoms with Gasteiger partial charge in [0, 0.05) is 16.8 Å². The molecule has 0 saturated carbocycles. The molecule has 5 nitrogen and oxygen atoms in total. The second-order valence-electron chi connectivity index (χ2n) is 4.82. The molecule has 0 bridgehead atoms. The second kappa shape index (κ2) is 5.29. The van der Waals surface area contributed by atoms with Crippen LogP contribution in [0.25, 0.3) is 15.9 Å². The first-order valence-corrected chi connectivity index (χ1v) is 7.81. The van der Waals surface area contributed by atoms with E-state index in [1.54, 1.807) is 18.2 Å². The average molecular weight is 347 g/mol. The third kappa shape index (κ3) is 2.54. The van der Waals surface area contributed by atoms with Crippen LogP contribution in [0.2, 0.25) is 5.02 Å². The van der Waals surface area contributed by atoms with Crippen molar-refractivity contribution in [2.45, 2.75) is 0 Å². The number of nitrogens with one attached hydrogen (secondary N) is 1. The summed E-state index contributed by atoms with van der Waals surface area (Å²) in [4.78, 5) is 17.1. The van der Waals surface area contributed by atoms with Gasteiger partial charge in [-0.15, -0.1) is 5.10 Å². The molecule has 0 aliphatic rings. The van der Waals surface area contributed by atoms with E-state index in [9.17, 15) is 9.18 Å². The number of fused-ring (bicyclic) bond motifs is 2. The minimum atomic E-state index is -0.435. The van der Waals surface area contributed by atoms with E-state index in [1.165, 1.54) is 34.1 Å². The van der Waals surface area contributed by atoms with Crippen molar-refractivity contribution >= 4 is 49.6 Å². The van der Waals surface area contributed by atoms with Crippen molar-refractivity contribution in [3.63, 3.8) is 0 Å². The summed E-state index contributed by atoms with van der Waals surface area (Å²) < 4.78 is 14.5. The third-order valence-corrected chi connectivity index (χ3v) is 4.29. The molecule has 4 rings (SSSR count). The van der Waals surface area contributed by atoms with E-state index in [0.717, 1.165) is 5.69 Å². The molecular weight excluding hydrogens is 339 g/mol. The van der Waals surface area contributed by atoms with E-state index in [4.69, 9.17) is 11.6 Å². The number of halogens is 2. The monoisotopic (exact) mass is 346 g/mol. The highest BCUT2D eigenvalue weighted by molar-refractivity contribution is 7.20. The van der Waals surface area contributed by atoms with Crippen LogP contribution in [0.3, 0.4) is 0 Å². The molecule has 0 saturated heterocycles. The van der Waals surface area contributed by atoms with Crippen molar-refractivity contribution < 1.29 is 4.39 Å². The van der Waals surface area contributed by atoms with Gasteiger partial charge in [-0.05, 0) is 30.3 Å². The van der Waals surface area contributed by atoms with Gasteiger partial charge in [0.25, 0.3) is 5.56 Å². The molecule has 4 aromatic rings. The Kier molecular flexibility index (Phi) is 3.24. The Labute approximate surface area is 138 Å². The summed E-state index contributed by atoms with van der Waals surface area (Å²) in [7, 11) is 0. The van der Waals surface area contributed by atoms with Crippen LogP contribution in [-0.2, 0) is 0 Å². The van der Waals surface area contributed by atoms with E-state index in [0.29, 0.717) is 26.0 Å². The lowest BCUT2D eigenvalue weighted by molar-refractivity contribution is 0.629. The minimum Gasteiger partial charge on any atom is -0.330 e. The van der Waals surface area contributed by atoms with Gasteiger partial charge in [-0.2, -0.15) is 4.52 Å². The van der Waals surface area contributed by atoms with E-state index >= 15 is 0 Å². The number of hydrogen-bond donors (Lipinski definition) is 1. The van der Waals surface area contributed by atoms with Crippen LogP contribution in [0.4, 0.5) is 15.2 Å². The third-order valence-electron chi connectivity index (χ3n) is 3.23. The van der Waals surface area contributed by atoms with Gasteiger partial charge in [-0.1, -0.05) is 29.0 Å². The molecule has 8 heteroatoms. The summed E-state index contributed by atoms with van der Waals surface area (Å²) in [6, 6.07) is 11.0. The van der Waals surface area contributed by atoms with Gasteiger partial charge < -0.3 is 5.32 Å². The SMILES string of the molecule is O=c1c2ccc(F)cc2nc2sc(Nc3cccc(Cl)c3)nn12. The Morgan fingerprint density at radius 2 is 2.09 bits per heavy atom. The zero-order chi connectivity index (χ0) is 16.0. The first-order chi connectivity index (χ1) is 11.1. The standard InChI is InChI=1S/C15H8ClFN4OS/c16-8-2-1-3-10(6-8)18-14-20-21-13(22)11-5-4-9(17)7-12(11)19-15(21)23-14/h1-7H,(H,18,20). The molecule has 0 unspecified atom stereocenters. The number of rotatable bonds is 2. The minimum absolute atomic E-state index is 0.313. The Morgan fingerprint density at radius 3 is 2.91 bits per heavy atom. The smallest absolute Gasteiger partial charge is 0.283 e. The molecule has 0 amide bonds. The second-order valence-corrected chi connectivity index (χ2v) is 6.21. The van der Waals surface area contributed by atoms with Gasteiger partial charge in [0.1, 0.15) is 5.82 Å². The van der Waals surface area contributed by atoms with Gasteiger partial charge in [0.2, 0.25) is 10.1 Å². The van der Waals surface area contributed by atoms with E-state index in [-0.39, 0.29) is 5.56 Å². The molecule has 114 valence electrons. The highest BCUT2D eigenvalue weighted by Gasteiger charge is 2.11. The van der Waals surface area contributed by atoms with Crippen LogP contribution >= 0.6 is 22.9 Å². The van der Waals surface area contributed by atoms with Crippen LogP contribution in [0, 0.1) is 5.82 Å². The fourth-order valence-electron chi connectivity index (χ4n) is 2.22. The Balaban J connectivity index is 1.85. The van der Waals surface area contributed by atoms with Gasteiger partial charge in [-0.3, -0.25) is 4.79 Å². The number of anilines is 2.